The molecule has 30 heteroatoms. The van der Waals surface area contributed by atoms with Crippen LogP contribution in [0.15, 0.2) is 48.8 Å². The Morgan fingerprint density at radius 2 is 1.03 bits per heavy atom. The summed E-state index contributed by atoms with van der Waals surface area (Å²) in [5.74, 6) is -3.00. The van der Waals surface area contributed by atoms with E-state index in [1.807, 2.05) is 27.7 Å². The van der Waals surface area contributed by atoms with Gasteiger partial charge in [0.15, 0.2) is 28.7 Å². The Morgan fingerprint density at radius 3 is 1.42 bits per heavy atom. The molecule has 0 aromatic carbocycles. The van der Waals surface area contributed by atoms with Crippen LogP contribution in [0.1, 0.15) is 68.0 Å². The van der Waals surface area contributed by atoms with E-state index in [1.165, 1.54) is 18.3 Å². The van der Waals surface area contributed by atoms with Crippen molar-refractivity contribution in [3.05, 3.63) is 75.6 Å². The second kappa shape index (κ2) is 20.1. The topological polar surface area (TPSA) is 149 Å². The number of halogens is 15. The molecule has 0 aliphatic carbocycles. The SMILES string of the molecule is C.C.C[C@H](Oc1ccc(-c2nn3c(C(F)(F)F)nnc3cc2Cl)cn1)C(F)(F)F.C[C@H](Oc1ccc(B2OC(C)(C)C(C)(C)O2)cn1)C(F)(F)F.FC(F)(F)c1nnc2cc(Cl)c(Cl)nn12. The van der Waals surface area contributed by atoms with E-state index in [-0.39, 0.29) is 64.4 Å². The fourth-order valence-electron chi connectivity index (χ4n) is 4.81. The second-order valence-corrected chi connectivity index (χ2v) is 15.4. The highest BCUT2D eigenvalue weighted by Crippen LogP contribution is 2.37. The molecule has 1 saturated heterocycles. The van der Waals surface area contributed by atoms with Gasteiger partial charge >= 0.3 is 31.8 Å². The molecule has 66 heavy (non-hydrogen) atoms. The van der Waals surface area contributed by atoms with E-state index in [4.69, 9.17) is 48.8 Å². The van der Waals surface area contributed by atoms with Crippen molar-refractivity contribution in [2.45, 2.75) is 105 Å². The molecule has 0 saturated carbocycles. The summed E-state index contributed by atoms with van der Waals surface area (Å²) in [5, 5.41) is 19.5. The number of rotatable bonds is 6. The van der Waals surface area contributed by atoms with Crippen LogP contribution in [0.2, 0.25) is 15.2 Å². The molecule has 362 valence electrons. The Hall–Kier alpha value is -4.99. The molecule has 0 amide bonds. The molecule has 1 fully saturated rings. The van der Waals surface area contributed by atoms with Crippen molar-refractivity contribution in [1.29, 1.82) is 0 Å². The van der Waals surface area contributed by atoms with Gasteiger partial charge in [-0.25, -0.2) is 9.97 Å². The molecule has 0 bridgehead atoms. The summed E-state index contributed by atoms with van der Waals surface area (Å²) in [6.07, 6.45) is -19.9. The molecule has 1 aliphatic rings. The van der Waals surface area contributed by atoms with Gasteiger partial charge in [-0.1, -0.05) is 55.7 Å². The maximum atomic E-state index is 12.9. The van der Waals surface area contributed by atoms with Crippen LogP contribution in [-0.2, 0) is 21.7 Å². The van der Waals surface area contributed by atoms with E-state index in [2.05, 4.69) is 45.3 Å². The minimum Gasteiger partial charge on any atom is -0.465 e. The molecule has 2 atom stereocenters. The lowest BCUT2D eigenvalue weighted by atomic mass is 9.80. The molecule has 0 radical (unpaired) electrons. The molecule has 0 spiro atoms. The number of nitrogens with zero attached hydrogens (tertiary/aromatic N) is 10. The van der Waals surface area contributed by atoms with Crippen molar-refractivity contribution in [3.63, 3.8) is 0 Å². The molecule has 0 unspecified atom stereocenters. The summed E-state index contributed by atoms with van der Waals surface area (Å²) in [6.45, 7) is 9.42. The lowest BCUT2D eigenvalue weighted by Gasteiger charge is -2.32. The highest BCUT2D eigenvalue weighted by atomic mass is 35.5. The van der Waals surface area contributed by atoms with E-state index in [0.717, 1.165) is 38.2 Å². The van der Waals surface area contributed by atoms with Crippen molar-refractivity contribution < 1.29 is 71.5 Å². The van der Waals surface area contributed by atoms with E-state index < -0.39 is 66.9 Å². The fraction of sp³-hybridized carbons (Fsp3) is 0.444. The van der Waals surface area contributed by atoms with Crippen LogP contribution in [-0.4, -0.2) is 92.5 Å². The zero-order chi connectivity index (χ0) is 48.0. The van der Waals surface area contributed by atoms with Crippen LogP contribution in [0.25, 0.3) is 22.6 Å². The molecule has 6 aromatic rings. The van der Waals surface area contributed by atoms with Gasteiger partial charge in [-0.15, -0.1) is 20.4 Å². The summed E-state index contributed by atoms with van der Waals surface area (Å²) in [6, 6.07) is 7.64. The third-order valence-electron chi connectivity index (χ3n) is 8.97. The van der Waals surface area contributed by atoms with Gasteiger partial charge in [0.2, 0.25) is 11.8 Å². The van der Waals surface area contributed by atoms with Gasteiger partial charge < -0.3 is 18.8 Å². The Bertz CT molecular complexity index is 2560. The molecular formula is C36H36BCl3F12N10O4. The first-order valence-corrected chi connectivity index (χ1v) is 18.8. The third kappa shape index (κ3) is 12.9. The van der Waals surface area contributed by atoms with Crippen LogP contribution >= 0.6 is 34.8 Å². The van der Waals surface area contributed by atoms with E-state index in [0.29, 0.717) is 14.5 Å². The Balaban J connectivity index is 0.000000269. The normalized spacial score (nSPS) is 15.7. The number of alkyl halides is 12. The number of fused-ring (bicyclic) bond motifs is 2. The van der Waals surface area contributed by atoms with Gasteiger partial charge in [-0.3, -0.25) is 0 Å². The van der Waals surface area contributed by atoms with Crippen molar-refractivity contribution in [2.24, 2.45) is 0 Å². The summed E-state index contributed by atoms with van der Waals surface area (Å²) < 4.78 is 173. The van der Waals surface area contributed by atoms with Gasteiger partial charge in [0.25, 0.3) is 11.6 Å². The Labute approximate surface area is 382 Å². The van der Waals surface area contributed by atoms with Gasteiger partial charge in [-0.05, 0) is 53.7 Å². The van der Waals surface area contributed by atoms with Gasteiger partial charge in [-0.2, -0.15) is 71.9 Å². The zero-order valence-electron chi connectivity index (χ0n) is 33.1. The number of ether oxygens (including phenoxy) is 2. The van der Waals surface area contributed by atoms with Gasteiger partial charge in [0, 0.05) is 41.6 Å². The Morgan fingerprint density at radius 1 is 0.606 bits per heavy atom. The number of hydrogen-bond donors (Lipinski definition) is 0. The first-order chi connectivity index (χ1) is 29.3. The standard InChI is InChI=1S/C14H19BF3NO3.C14H8ClF6N5O.C6HCl2F3N4.2CH4/c1-9(14(16,17)18)20-11-7-6-10(8-19-11)15-21-12(2,3)13(4,5)22-15;1-6(13(16,17)18)27-10-3-2-7(5-22-10)11-8(15)4-9-23-24-12(14(19,20)21)26(9)25-11;7-2-1-3-12-13-5(6(9,10)11)15(3)14-4(2)8;;/h6-9H,1-5H3;2-6H,1H3;1H;2*1H4/t9-;6-;;;/m00.../s1. The summed E-state index contributed by atoms with van der Waals surface area (Å²) >= 11 is 17.0. The first kappa shape index (κ1) is 55.3. The second-order valence-electron chi connectivity index (χ2n) is 14.2. The highest BCUT2D eigenvalue weighted by molar-refractivity contribution is 6.62. The summed E-state index contributed by atoms with van der Waals surface area (Å²) in [5.41, 5.74) is -0.603. The summed E-state index contributed by atoms with van der Waals surface area (Å²) in [4.78, 5) is 7.60. The maximum Gasteiger partial charge on any atom is 0.496 e. The monoisotopic (exact) mass is 1020 g/mol. The lowest BCUT2D eigenvalue weighted by molar-refractivity contribution is -0.190. The average molecular weight is 1020 g/mol. The van der Waals surface area contributed by atoms with Crippen LogP contribution < -0.4 is 14.9 Å². The Kier molecular flexibility index (Phi) is 16.8. The van der Waals surface area contributed by atoms with Crippen molar-refractivity contribution in [3.8, 4) is 23.0 Å². The quantitative estimate of drug-likeness (QED) is 0.115. The number of aromatic nitrogens is 10. The zero-order valence-corrected chi connectivity index (χ0v) is 35.4. The number of pyridine rings is 2. The predicted molar refractivity (Wildman–Crippen MR) is 216 cm³/mol. The van der Waals surface area contributed by atoms with Crippen molar-refractivity contribution >= 4 is 58.7 Å². The van der Waals surface area contributed by atoms with Crippen LogP contribution in [0.3, 0.4) is 0 Å². The largest absolute Gasteiger partial charge is 0.496 e. The predicted octanol–water partition coefficient (Wildman–Crippen LogP) is 10.6. The molecule has 6 aromatic heterocycles. The molecule has 7 rings (SSSR count). The summed E-state index contributed by atoms with van der Waals surface area (Å²) in [7, 11) is -0.605. The van der Waals surface area contributed by atoms with Crippen LogP contribution in [0.5, 0.6) is 11.8 Å². The minimum absolute atomic E-state index is 0. The molecule has 7 heterocycles. The number of hydrogen-bond acceptors (Lipinski definition) is 12. The average Bonchev–Trinajstić information content (AvgIpc) is 3.84. The van der Waals surface area contributed by atoms with E-state index in [1.54, 1.807) is 6.07 Å². The van der Waals surface area contributed by atoms with Crippen LogP contribution in [0.4, 0.5) is 52.7 Å². The molecule has 1 aliphatic heterocycles. The van der Waals surface area contributed by atoms with Crippen molar-refractivity contribution in [1.82, 2.24) is 49.6 Å². The lowest BCUT2D eigenvalue weighted by Crippen LogP contribution is -2.41. The van der Waals surface area contributed by atoms with E-state index >= 15 is 0 Å². The van der Waals surface area contributed by atoms with Crippen LogP contribution in [0, 0.1) is 0 Å². The third-order valence-corrected chi connectivity index (χ3v) is 9.92. The van der Waals surface area contributed by atoms with E-state index in [9.17, 15) is 52.7 Å². The molecule has 0 N–H and O–H groups in total. The maximum absolute atomic E-state index is 12.9. The fourth-order valence-corrected chi connectivity index (χ4v) is 5.32. The highest BCUT2D eigenvalue weighted by Gasteiger charge is 2.52. The molecule has 14 nitrogen and oxygen atoms in total. The van der Waals surface area contributed by atoms with Crippen molar-refractivity contribution in [2.75, 3.05) is 0 Å². The first-order valence-electron chi connectivity index (χ1n) is 17.7. The minimum atomic E-state index is -4.79. The smallest absolute Gasteiger partial charge is 0.465 e. The molecular weight excluding hydrogens is 982 g/mol. The van der Waals surface area contributed by atoms with Gasteiger partial charge in [0.1, 0.15) is 5.69 Å². The van der Waals surface area contributed by atoms with Gasteiger partial charge in [0.05, 0.1) is 21.2 Å².